The number of amides is 1. The molecular weight excluding hydrogens is 342 g/mol. The second-order valence-electron chi connectivity index (χ2n) is 6.57. The molecule has 4 rings (SSSR count). The summed E-state index contributed by atoms with van der Waals surface area (Å²) in [4.78, 5) is 14.6. The number of fused-ring (bicyclic) bond motifs is 1. The van der Waals surface area contributed by atoms with Crippen molar-refractivity contribution < 1.29 is 14.3 Å². The molecule has 0 saturated heterocycles. The smallest absolute Gasteiger partial charge is 0.257 e. The van der Waals surface area contributed by atoms with E-state index in [1.54, 1.807) is 22.8 Å². The van der Waals surface area contributed by atoms with Crippen LogP contribution in [0.2, 0.25) is 0 Å². The molecule has 0 unspecified atom stereocenters. The molecule has 1 atom stereocenters. The number of para-hydroxylation sites is 3. The largest absolute Gasteiger partial charge is 0.486 e. The number of carbonyl (C=O) groups excluding carboxylic acids is 1. The van der Waals surface area contributed by atoms with Crippen molar-refractivity contribution in [3.8, 4) is 17.2 Å². The number of hydrogen-bond acceptors (Lipinski definition) is 4. The maximum atomic E-state index is 12.9. The zero-order chi connectivity index (χ0) is 18.8. The number of benzene rings is 2. The van der Waals surface area contributed by atoms with Crippen molar-refractivity contribution >= 4 is 5.91 Å². The van der Waals surface area contributed by atoms with Gasteiger partial charge in [-0.15, -0.1) is 0 Å². The van der Waals surface area contributed by atoms with Crippen molar-refractivity contribution in [3.05, 3.63) is 72.1 Å². The minimum atomic E-state index is -0.210. The molecule has 0 saturated carbocycles. The first-order valence-corrected chi connectivity index (χ1v) is 8.87. The van der Waals surface area contributed by atoms with E-state index >= 15 is 0 Å². The first-order chi connectivity index (χ1) is 13.1. The molecule has 2 aromatic carbocycles. The van der Waals surface area contributed by atoms with E-state index in [4.69, 9.17) is 9.47 Å². The van der Waals surface area contributed by atoms with Gasteiger partial charge in [-0.3, -0.25) is 4.79 Å². The summed E-state index contributed by atoms with van der Waals surface area (Å²) in [5, 5.41) is 4.38. The minimum absolute atomic E-state index is 0.0860. The van der Waals surface area contributed by atoms with Crippen LogP contribution in [0.15, 0.2) is 60.8 Å². The number of nitrogens with zero attached hydrogens (tertiary/aromatic N) is 3. The molecule has 6 heteroatoms. The van der Waals surface area contributed by atoms with Crippen molar-refractivity contribution in [1.82, 2.24) is 14.7 Å². The van der Waals surface area contributed by atoms with Crippen LogP contribution in [0.3, 0.4) is 0 Å². The zero-order valence-corrected chi connectivity index (χ0v) is 15.3. The summed E-state index contributed by atoms with van der Waals surface area (Å²) in [5.74, 6) is 1.36. The fourth-order valence-corrected chi connectivity index (χ4v) is 3.20. The molecule has 0 radical (unpaired) electrons. The van der Waals surface area contributed by atoms with E-state index in [0.29, 0.717) is 24.5 Å². The summed E-state index contributed by atoms with van der Waals surface area (Å²) in [6.45, 7) is 2.75. The Bertz CT molecular complexity index is 952. The molecule has 1 aliphatic heterocycles. The van der Waals surface area contributed by atoms with Gasteiger partial charge in [0.1, 0.15) is 6.61 Å². The second-order valence-corrected chi connectivity index (χ2v) is 6.57. The lowest BCUT2D eigenvalue weighted by molar-refractivity contribution is 0.0520. The van der Waals surface area contributed by atoms with E-state index in [1.165, 1.54) is 0 Å². The van der Waals surface area contributed by atoms with Gasteiger partial charge in [-0.25, -0.2) is 4.68 Å². The summed E-state index contributed by atoms with van der Waals surface area (Å²) in [7, 11) is 1.77. The Balaban J connectivity index is 1.47. The summed E-state index contributed by atoms with van der Waals surface area (Å²) in [5.41, 5.74) is 2.32. The lowest BCUT2D eigenvalue weighted by Gasteiger charge is -2.29. The Morgan fingerprint density at radius 3 is 2.63 bits per heavy atom. The van der Waals surface area contributed by atoms with E-state index < -0.39 is 0 Å². The van der Waals surface area contributed by atoms with E-state index in [2.05, 4.69) is 5.10 Å². The fraction of sp³-hybridized carbons (Fsp3) is 0.238. The molecule has 1 aromatic heterocycles. The van der Waals surface area contributed by atoms with Crippen LogP contribution in [0.25, 0.3) is 5.69 Å². The molecule has 0 spiro atoms. The molecular formula is C21H21N3O3. The number of aromatic nitrogens is 2. The fourth-order valence-electron chi connectivity index (χ4n) is 3.20. The van der Waals surface area contributed by atoms with Gasteiger partial charge in [0.15, 0.2) is 17.6 Å². The highest BCUT2D eigenvalue weighted by molar-refractivity contribution is 5.95. The van der Waals surface area contributed by atoms with Gasteiger partial charge in [-0.1, -0.05) is 30.3 Å². The SMILES string of the molecule is Cc1c(C(=O)N(C)C[C@H]2COc3ccccc3O2)cnn1-c1ccccc1. The van der Waals surface area contributed by atoms with Crippen molar-refractivity contribution in [3.63, 3.8) is 0 Å². The predicted molar refractivity (Wildman–Crippen MR) is 102 cm³/mol. The van der Waals surface area contributed by atoms with E-state index in [-0.39, 0.29) is 12.0 Å². The normalized spacial score (nSPS) is 15.4. The van der Waals surface area contributed by atoms with E-state index in [1.807, 2.05) is 61.5 Å². The van der Waals surface area contributed by atoms with Crippen LogP contribution in [0.1, 0.15) is 16.1 Å². The maximum absolute atomic E-state index is 12.9. The summed E-state index contributed by atoms with van der Waals surface area (Å²) >= 11 is 0. The van der Waals surface area contributed by atoms with Gasteiger partial charge in [-0.05, 0) is 31.2 Å². The van der Waals surface area contributed by atoms with Gasteiger partial charge in [0, 0.05) is 7.05 Å². The number of likely N-dealkylation sites (N-methyl/N-ethyl adjacent to an activating group) is 1. The van der Waals surface area contributed by atoms with Crippen molar-refractivity contribution in [2.75, 3.05) is 20.2 Å². The highest BCUT2D eigenvalue weighted by atomic mass is 16.6. The number of hydrogen-bond donors (Lipinski definition) is 0. The first-order valence-electron chi connectivity index (χ1n) is 8.87. The Kier molecular flexibility index (Phi) is 4.54. The third kappa shape index (κ3) is 3.38. The van der Waals surface area contributed by atoms with Crippen LogP contribution < -0.4 is 9.47 Å². The third-order valence-corrected chi connectivity index (χ3v) is 4.63. The number of ether oxygens (including phenoxy) is 2. The van der Waals surface area contributed by atoms with Crippen molar-refractivity contribution in [2.45, 2.75) is 13.0 Å². The van der Waals surface area contributed by atoms with Gasteiger partial charge in [-0.2, -0.15) is 5.10 Å². The standard InChI is InChI=1S/C21H21N3O3/c1-15-18(12-22-24(15)16-8-4-3-5-9-16)21(25)23(2)13-17-14-26-19-10-6-7-11-20(19)27-17/h3-12,17H,13-14H2,1-2H3/t17-/m0/s1. The molecule has 0 aliphatic carbocycles. The van der Waals surface area contributed by atoms with Gasteiger partial charge >= 0.3 is 0 Å². The molecule has 1 aliphatic rings. The molecule has 0 bridgehead atoms. The maximum Gasteiger partial charge on any atom is 0.257 e. The lowest BCUT2D eigenvalue weighted by atomic mass is 10.2. The van der Waals surface area contributed by atoms with Crippen molar-refractivity contribution in [1.29, 1.82) is 0 Å². The second kappa shape index (κ2) is 7.15. The molecule has 6 nitrogen and oxygen atoms in total. The van der Waals surface area contributed by atoms with Crippen LogP contribution in [0.5, 0.6) is 11.5 Å². The number of rotatable bonds is 4. The van der Waals surface area contributed by atoms with Crippen LogP contribution in [0.4, 0.5) is 0 Å². The van der Waals surface area contributed by atoms with E-state index in [0.717, 1.165) is 17.1 Å². The first kappa shape index (κ1) is 17.1. The molecule has 3 aromatic rings. The topological polar surface area (TPSA) is 56.6 Å². The predicted octanol–water partition coefficient (Wildman–Crippen LogP) is 3.09. The Labute approximate surface area is 157 Å². The Morgan fingerprint density at radius 1 is 1.15 bits per heavy atom. The monoisotopic (exact) mass is 363 g/mol. The van der Waals surface area contributed by atoms with Crippen LogP contribution in [-0.4, -0.2) is 46.9 Å². The third-order valence-electron chi connectivity index (χ3n) is 4.63. The Morgan fingerprint density at radius 2 is 1.85 bits per heavy atom. The minimum Gasteiger partial charge on any atom is -0.486 e. The highest BCUT2D eigenvalue weighted by Crippen LogP contribution is 2.31. The van der Waals surface area contributed by atoms with Gasteiger partial charge in [0.05, 0.1) is 29.7 Å². The molecule has 1 amide bonds. The molecule has 0 N–H and O–H groups in total. The van der Waals surface area contributed by atoms with Crippen molar-refractivity contribution in [2.24, 2.45) is 0 Å². The average Bonchev–Trinajstić information content (AvgIpc) is 3.09. The zero-order valence-electron chi connectivity index (χ0n) is 15.3. The molecule has 2 heterocycles. The Hall–Kier alpha value is -3.28. The van der Waals surface area contributed by atoms with Gasteiger partial charge in [0.2, 0.25) is 0 Å². The molecule has 27 heavy (non-hydrogen) atoms. The average molecular weight is 363 g/mol. The summed E-state index contributed by atoms with van der Waals surface area (Å²) in [6.07, 6.45) is 1.41. The van der Waals surface area contributed by atoms with Gasteiger partial charge in [0.25, 0.3) is 5.91 Å². The van der Waals surface area contributed by atoms with E-state index in [9.17, 15) is 4.79 Å². The number of carbonyl (C=O) groups is 1. The highest BCUT2D eigenvalue weighted by Gasteiger charge is 2.25. The molecule has 0 fully saturated rings. The summed E-state index contributed by atoms with van der Waals surface area (Å²) < 4.78 is 13.5. The van der Waals surface area contributed by atoms with Crippen LogP contribution in [-0.2, 0) is 0 Å². The van der Waals surface area contributed by atoms with Crippen LogP contribution in [0, 0.1) is 6.92 Å². The van der Waals surface area contributed by atoms with Crippen LogP contribution >= 0.6 is 0 Å². The quantitative estimate of drug-likeness (QED) is 0.715. The molecule has 138 valence electrons. The van der Waals surface area contributed by atoms with Gasteiger partial charge < -0.3 is 14.4 Å². The summed E-state index contributed by atoms with van der Waals surface area (Å²) in [6, 6.07) is 17.3. The lowest BCUT2D eigenvalue weighted by Crippen LogP contribution is -2.41.